The number of aryl methyl sites for hydroxylation is 1. The van der Waals surface area contributed by atoms with Gasteiger partial charge in [-0.05, 0) is 32.1 Å². The van der Waals surface area contributed by atoms with Gasteiger partial charge in [0.1, 0.15) is 5.82 Å². The number of anilines is 2. The van der Waals surface area contributed by atoms with E-state index < -0.39 is 0 Å². The van der Waals surface area contributed by atoms with Gasteiger partial charge in [0.05, 0.1) is 0 Å². The number of rotatable bonds is 6. The van der Waals surface area contributed by atoms with Gasteiger partial charge in [-0.25, -0.2) is 10.8 Å². The van der Waals surface area contributed by atoms with Gasteiger partial charge in [0.25, 0.3) is 0 Å². The molecule has 1 fully saturated rings. The summed E-state index contributed by atoms with van der Waals surface area (Å²) in [6, 6.07) is 0. The van der Waals surface area contributed by atoms with Gasteiger partial charge in [-0.2, -0.15) is 4.98 Å². The summed E-state index contributed by atoms with van der Waals surface area (Å²) in [4.78, 5) is 10.9. The van der Waals surface area contributed by atoms with E-state index in [0.29, 0.717) is 5.95 Å². The maximum atomic E-state index is 5.36. The molecule has 1 saturated carbocycles. The van der Waals surface area contributed by atoms with E-state index in [9.17, 15) is 0 Å². The average Bonchev–Trinajstić information content (AvgIpc) is 3.13. The van der Waals surface area contributed by atoms with Crippen LogP contribution in [0.15, 0.2) is 6.20 Å². The predicted octanol–water partition coefficient (Wildman–Crippen LogP) is 1.70. The first-order chi connectivity index (χ1) is 8.24. The Morgan fingerprint density at radius 2 is 2.29 bits per heavy atom. The van der Waals surface area contributed by atoms with Crippen LogP contribution in [0.3, 0.4) is 0 Å². The van der Waals surface area contributed by atoms with Crippen molar-refractivity contribution in [3.8, 4) is 0 Å². The number of nitrogens with one attached hydrogen (secondary N) is 1. The molecule has 3 N–H and O–H groups in total. The molecular weight excluding hydrogens is 214 g/mol. The van der Waals surface area contributed by atoms with Crippen molar-refractivity contribution in [2.24, 2.45) is 11.8 Å². The first-order valence-electron chi connectivity index (χ1n) is 6.29. The van der Waals surface area contributed by atoms with Crippen LogP contribution in [-0.4, -0.2) is 23.1 Å². The lowest BCUT2D eigenvalue weighted by Gasteiger charge is -2.24. The van der Waals surface area contributed by atoms with E-state index in [4.69, 9.17) is 5.84 Å². The van der Waals surface area contributed by atoms with E-state index in [1.807, 2.05) is 13.1 Å². The molecule has 17 heavy (non-hydrogen) atoms. The van der Waals surface area contributed by atoms with E-state index in [1.165, 1.54) is 12.8 Å². The van der Waals surface area contributed by atoms with Crippen molar-refractivity contribution in [3.63, 3.8) is 0 Å². The highest BCUT2D eigenvalue weighted by atomic mass is 15.3. The van der Waals surface area contributed by atoms with Crippen LogP contribution < -0.4 is 16.2 Å². The summed E-state index contributed by atoms with van der Waals surface area (Å²) in [5.41, 5.74) is 3.62. The standard InChI is InChI=1S/C12H21N5/c1-3-6-17(8-10-4-5-10)11-9(2)7-14-12(15-11)16-13/h7,10H,3-6,8,13H2,1-2H3,(H,14,15,16). The van der Waals surface area contributed by atoms with E-state index in [0.717, 1.165) is 36.8 Å². The fourth-order valence-electron chi connectivity index (χ4n) is 1.99. The Labute approximate surface area is 102 Å². The summed E-state index contributed by atoms with van der Waals surface area (Å²) in [7, 11) is 0. The van der Waals surface area contributed by atoms with Gasteiger partial charge in [-0.1, -0.05) is 6.92 Å². The van der Waals surface area contributed by atoms with E-state index in [2.05, 4.69) is 27.2 Å². The Hall–Kier alpha value is -1.36. The minimum atomic E-state index is 0.488. The smallest absolute Gasteiger partial charge is 0.239 e. The minimum absolute atomic E-state index is 0.488. The van der Waals surface area contributed by atoms with Gasteiger partial charge in [0, 0.05) is 24.8 Å². The Balaban J connectivity index is 2.19. The summed E-state index contributed by atoms with van der Waals surface area (Å²) >= 11 is 0. The molecule has 1 heterocycles. The lowest BCUT2D eigenvalue weighted by atomic mass is 10.2. The average molecular weight is 235 g/mol. The Kier molecular flexibility index (Phi) is 3.78. The monoisotopic (exact) mass is 235 g/mol. The predicted molar refractivity (Wildman–Crippen MR) is 69.8 cm³/mol. The number of nitrogens with zero attached hydrogens (tertiary/aromatic N) is 3. The largest absolute Gasteiger partial charge is 0.356 e. The lowest BCUT2D eigenvalue weighted by molar-refractivity contribution is 0.696. The molecule has 1 aliphatic rings. The fourth-order valence-corrected chi connectivity index (χ4v) is 1.99. The van der Waals surface area contributed by atoms with Gasteiger partial charge < -0.3 is 4.90 Å². The van der Waals surface area contributed by atoms with Crippen molar-refractivity contribution in [2.75, 3.05) is 23.4 Å². The van der Waals surface area contributed by atoms with Gasteiger partial charge in [-0.15, -0.1) is 0 Å². The third kappa shape index (κ3) is 3.06. The third-order valence-corrected chi connectivity index (χ3v) is 3.04. The van der Waals surface area contributed by atoms with Crippen LogP contribution in [0.25, 0.3) is 0 Å². The lowest BCUT2D eigenvalue weighted by Crippen LogP contribution is -2.28. The van der Waals surface area contributed by atoms with Crippen molar-refractivity contribution in [2.45, 2.75) is 33.1 Å². The van der Waals surface area contributed by atoms with Gasteiger partial charge in [0.15, 0.2) is 0 Å². The number of nitrogens with two attached hydrogens (primary N) is 1. The first kappa shape index (κ1) is 12.1. The van der Waals surface area contributed by atoms with Gasteiger partial charge in [0.2, 0.25) is 5.95 Å². The molecule has 0 atom stereocenters. The highest BCUT2D eigenvalue weighted by Gasteiger charge is 2.25. The van der Waals surface area contributed by atoms with Crippen LogP contribution in [0, 0.1) is 12.8 Å². The van der Waals surface area contributed by atoms with Crippen LogP contribution in [0.4, 0.5) is 11.8 Å². The third-order valence-electron chi connectivity index (χ3n) is 3.04. The van der Waals surface area contributed by atoms with Crippen molar-refractivity contribution in [1.29, 1.82) is 0 Å². The molecule has 2 rings (SSSR count). The fraction of sp³-hybridized carbons (Fsp3) is 0.667. The van der Waals surface area contributed by atoms with Crippen LogP contribution >= 0.6 is 0 Å². The Bertz CT molecular complexity index is 375. The van der Waals surface area contributed by atoms with Crippen LogP contribution in [0.5, 0.6) is 0 Å². The molecule has 5 nitrogen and oxygen atoms in total. The van der Waals surface area contributed by atoms with Crippen molar-refractivity contribution >= 4 is 11.8 Å². The van der Waals surface area contributed by atoms with Gasteiger partial charge >= 0.3 is 0 Å². The Morgan fingerprint density at radius 3 is 2.88 bits per heavy atom. The molecule has 0 aromatic carbocycles. The van der Waals surface area contributed by atoms with Crippen LogP contribution in [0.2, 0.25) is 0 Å². The summed E-state index contributed by atoms with van der Waals surface area (Å²) < 4.78 is 0. The number of hydrogen-bond donors (Lipinski definition) is 2. The van der Waals surface area contributed by atoms with E-state index in [-0.39, 0.29) is 0 Å². The van der Waals surface area contributed by atoms with Crippen molar-refractivity contribution in [3.05, 3.63) is 11.8 Å². The number of hydrazine groups is 1. The second kappa shape index (κ2) is 5.31. The van der Waals surface area contributed by atoms with Crippen LogP contribution in [0.1, 0.15) is 31.7 Å². The quantitative estimate of drug-likeness (QED) is 0.580. The molecule has 0 radical (unpaired) electrons. The zero-order valence-corrected chi connectivity index (χ0v) is 10.6. The van der Waals surface area contributed by atoms with E-state index in [1.54, 1.807) is 0 Å². The zero-order chi connectivity index (χ0) is 12.3. The molecule has 0 unspecified atom stereocenters. The number of aromatic nitrogens is 2. The summed E-state index contributed by atoms with van der Waals surface area (Å²) in [5, 5.41) is 0. The van der Waals surface area contributed by atoms with Gasteiger partial charge in [-0.3, -0.25) is 5.43 Å². The maximum Gasteiger partial charge on any atom is 0.239 e. The normalized spacial score (nSPS) is 14.8. The molecule has 5 heteroatoms. The second-order valence-corrected chi connectivity index (χ2v) is 4.73. The molecule has 0 saturated heterocycles. The van der Waals surface area contributed by atoms with Crippen molar-refractivity contribution in [1.82, 2.24) is 9.97 Å². The van der Waals surface area contributed by atoms with Crippen LogP contribution in [-0.2, 0) is 0 Å². The molecule has 0 spiro atoms. The molecule has 0 aliphatic heterocycles. The second-order valence-electron chi connectivity index (χ2n) is 4.73. The summed E-state index contributed by atoms with van der Waals surface area (Å²) in [5.74, 6) is 7.72. The SMILES string of the molecule is CCCN(CC1CC1)c1nc(NN)ncc1C. The summed E-state index contributed by atoms with van der Waals surface area (Å²) in [6.07, 6.45) is 5.66. The molecule has 94 valence electrons. The highest BCUT2D eigenvalue weighted by molar-refractivity contribution is 5.48. The first-order valence-corrected chi connectivity index (χ1v) is 6.29. The highest BCUT2D eigenvalue weighted by Crippen LogP contribution is 2.31. The Morgan fingerprint density at radius 1 is 1.53 bits per heavy atom. The molecule has 0 amide bonds. The molecule has 1 aromatic rings. The molecule has 1 aliphatic carbocycles. The number of hydrogen-bond acceptors (Lipinski definition) is 5. The number of nitrogen functional groups attached to an aromatic ring is 1. The topological polar surface area (TPSA) is 67.1 Å². The minimum Gasteiger partial charge on any atom is -0.356 e. The maximum absolute atomic E-state index is 5.36. The van der Waals surface area contributed by atoms with E-state index >= 15 is 0 Å². The van der Waals surface area contributed by atoms with Crippen molar-refractivity contribution < 1.29 is 0 Å². The summed E-state index contributed by atoms with van der Waals surface area (Å²) in [6.45, 7) is 6.39. The molecule has 0 bridgehead atoms. The molecular formula is C12H21N5. The zero-order valence-electron chi connectivity index (χ0n) is 10.6. The molecule has 1 aromatic heterocycles.